The van der Waals surface area contributed by atoms with E-state index >= 15 is 0 Å². The molecule has 2 aromatic rings. The van der Waals surface area contributed by atoms with Crippen molar-refractivity contribution in [1.29, 1.82) is 0 Å². The molecule has 0 aliphatic heterocycles. The molecule has 2 rings (SSSR count). The van der Waals surface area contributed by atoms with Gasteiger partial charge in [0.1, 0.15) is 17.2 Å². The summed E-state index contributed by atoms with van der Waals surface area (Å²) in [5.41, 5.74) is 6.26. The van der Waals surface area contributed by atoms with E-state index in [0.29, 0.717) is 5.82 Å². The van der Waals surface area contributed by atoms with Crippen LogP contribution in [0.25, 0.3) is 11.0 Å². The van der Waals surface area contributed by atoms with Crippen molar-refractivity contribution in [3.8, 4) is 0 Å². The molecule has 3 nitrogen and oxygen atoms in total. The van der Waals surface area contributed by atoms with Gasteiger partial charge in [-0.2, -0.15) is 0 Å². The number of anilines is 1. The highest BCUT2D eigenvalue weighted by Gasteiger charge is 1.99. The Labute approximate surface area is 63.8 Å². The third-order valence-electron chi connectivity index (χ3n) is 1.55. The Balaban J connectivity index is 2.82. The van der Waals surface area contributed by atoms with Gasteiger partial charge in [0.15, 0.2) is 0 Å². The topological polar surface area (TPSA) is 52.0 Å². The van der Waals surface area contributed by atoms with Gasteiger partial charge >= 0.3 is 0 Å². The second-order valence-corrected chi connectivity index (χ2v) is 2.50. The molecule has 56 valence electrons. The fourth-order valence-corrected chi connectivity index (χ4v) is 1.08. The molecule has 11 heavy (non-hydrogen) atoms. The van der Waals surface area contributed by atoms with Gasteiger partial charge in [0.05, 0.1) is 0 Å². The van der Waals surface area contributed by atoms with Crippen molar-refractivity contribution in [2.45, 2.75) is 6.92 Å². The van der Waals surface area contributed by atoms with Crippen LogP contribution in [0.1, 0.15) is 5.76 Å². The van der Waals surface area contributed by atoms with Crippen LogP contribution >= 0.6 is 0 Å². The predicted molar refractivity (Wildman–Crippen MR) is 43.2 cm³/mol. The molecular formula is C8H8N2O. The quantitative estimate of drug-likeness (QED) is 0.618. The number of hydrogen-bond acceptors (Lipinski definition) is 3. The van der Waals surface area contributed by atoms with Gasteiger partial charge in [-0.05, 0) is 13.0 Å². The van der Waals surface area contributed by atoms with Crippen LogP contribution in [0.3, 0.4) is 0 Å². The molecule has 0 spiro atoms. The van der Waals surface area contributed by atoms with E-state index in [0.717, 1.165) is 16.7 Å². The van der Waals surface area contributed by atoms with E-state index in [1.807, 2.05) is 13.0 Å². The number of hydrogen-bond donors (Lipinski definition) is 1. The first kappa shape index (κ1) is 6.22. The van der Waals surface area contributed by atoms with Crippen molar-refractivity contribution in [3.63, 3.8) is 0 Å². The Morgan fingerprint density at radius 3 is 3.09 bits per heavy atom. The van der Waals surface area contributed by atoms with Crippen molar-refractivity contribution in [2.24, 2.45) is 0 Å². The highest BCUT2D eigenvalue weighted by molar-refractivity contribution is 5.78. The zero-order valence-electron chi connectivity index (χ0n) is 6.16. The standard InChI is InChI=1S/C8H8N2O/c1-5-2-6-4-10-8(9)3-7(6)11-5/h2-4H,1H3,(H2,9,10). The minimum atomic E-state index is 0.492. The van der Waals surface area contributed by atoms with Crippen LogP contribution < -0.4 is 5.73 Å². The molecule has 0 unspecified atom stereocenters. The van der Waals surface area contributed by atoms with Gasteiger partial charge in [-0.3, -0.25) is 0 Å². The third-order valence-corrected chi connectivity index (χ3v) is 1.55. The zero-order valence-corrected chi connectivity index (χ0v) is 6.16. The SMILES string of the molecule is Cc1cc2cnc(N)cc2o1. The molecule has 0 atom stereocenters. The molecule has 0 aliphatic rings. The number of pyridine rings is 1. The molecule has 0 saturated carbocycles. The van der Waals surface area contributed by atoms with Crippen LogP contribution in [0.15, 0.2) is 22.7 Å². The van der Waals surface area contributed by atoms with Crippen molar-refractivity contribution in [2.75, 3.05) is 5.73 Å². The highest BCUT2D eigenvalue weighted by Crippen LogP contribution is 2.18. The van der Waals surface area contributed by atoms with Gasteiger partial charge in [0.2, 0.25) is 0 Å². The average Bonchev–Trinajstić information content (AvgIpc) is 2.27. The van der Waals surface area contributed by atoms with Gasteiger partial charge in [-0.1, -0.05) is 0 Å². The maximum atomic E-state index is 5.46. The van der Waals surface area contributed by atoms with Gasteiger partial charge in [-0.25, -0.2) is 4.98 Å². The van der Waals surface area contributed by atoms with Crippen LogP contribution in [-0.4, -0.2) is 4.98 Å². The van der Waals surface area contributed by atoms with Crippen LogP contribution in [-0.2, 0) is 0 Å². The number of nitrogens with two attached hydrogens (primary N) is 1. The van der Waals surface area contributed by atoms with Gasteiger partial charge < -0.3 is 10.2 Å². The lowest BCUT2D eigenvalue weighted by atomic mass is 10.3. The average molecular weight is 148 g/mol. The Kier molecular flexibility index (Phi) is 1.12. The fourth-order valence-electron chi connectivity index (χ4n) is 1.08. The van der Waals surface area contributed by atoms with E-state index in [1.165, 1.54) is 0 Å². The summed E-state index contributed by atoms with van der Waals surface area (Å²) < 4.78 is 5.33. The smallest absolute Gasteiger partial charge is 0.139 e. The summed E-state index contributed by atoms with van der Waals surface area (Å²) >= 11 is 0. The molecule has 3 heteroatoms. The second kappa shape index (κ2) is 1.99. The molecule has 2 heterocycles. The molecule has 2 N–H and O–H groups in total. The van der Waals surface area contributed by atoms with E-state index in [-0.39, 0.29) is 0 Å². The predicted octanol–water partition coefficient (Wildman–Crippen LogP) is 1.72. The first-order chi connectivity index (χ1) is 5.25. The summed E-state index contributed by atoms with van der Waals surface area (Å²) in [6, 6.07) is 3.66. The molecular weight excluding hydrogens is 140 g/mol. The summed E-state index contributed by atoms with van der Waals surface area (Å²) in [7, 11) is 0. The number of furan rings is 1. The summed E-state index contributed by atoms with van der Waals surface area (Å²) in [4.78, 5) is 3.94. The molecule has 0 aromatic carbocycles. The number of rotatable bonds is 0. The van der Waals surface area contributed by atoms with Crippen LogP contribution in [0, 0.1) is 6.92 Å². The van der Waals surface area contributed by atoms with E-state index < -0.39 is 0 Å². The molecule has 0 amide bonds. The maximum Gasteiger partial charge on any atom is 0.139 e. The lowest BCUT2D eigenvalue weighted by molar-refractivity contribution is 0.578. The van der Waals surface area contributed by atoms with E-state index in [9.17, 15) is 0 Å². The number of nitrogens with zero attached hydrogens (tertiary/aromatic N) is 1. The summed E-state index contributed by atoms with van der Waals surface area (Å²) in [6.07, 6.45) is 1.71. The summed E-state index contributed by atoms with van der Waals surface area (Å²) in [5.74, 6) is 1.37. The van der Waals surface area contributed by atoms with Gasteiger partial charge in [-0.15, -0.1) is 0 Å². The Morgan fingerprint density at radius 1 is 1.45 bits per heavy atom. The third kappa shape index (κ3) is 0.941. The number of aromatic nitrogens is 1. The Hall–Kier alpha value is -1.51. The normalized spacial score (nSPS) is 10.6. The monoisotopic (exact) mass is 148 g/mol. The lowest BCUT2D eigenvalue weighted by Crippen LogP contribution is -1.86. The van der Waals surface area contributed by atoms with Gasteiger partial charge in [0.25, 0.3) is 0 Å². The molecule has 2 aromatic heterocycles. The van der Waals surface area contributed by atoms with Crippen molar-refractivity contribution in [3.05, 3.63) is 24.1 Å². The fraction of sp³-hybridized carbons (Fsp3) is 0.125. The number of nitrogen functional groups attached to an aromatic ring is 1. The second-order valence-electron chi connectivity index (χ2n) is 2.50. The molecule has 0 radical (unpaired) electrons. The summed E-state index contributed by atoms with van der Waals surface area (Å²) in [5, 5.41) is 0.997. The molecule has 0 saturated heterocycles. The van der Waals surface area contributed by atoms with E-state index in [2.05, 4.69) is 4.98 Å². The van der Waals surface area contributed by atoms with Crippen molar-refractivity contribution >= 4 is 16.8 Å². The zero-order chi connectivity index (χ0) is 7.84. The molecule has 0 fully saturated rings. The van der Waals surface area contributed by atoms with Crippen LogP contribution in [0.2, 0.25) is 0 Å². The maximum absolute atomic E-state index is 5.46. The first-order valence-corrected chi connectivity index (χ1v) is 3.37. The van der Waals surface area contributed by atoms with E-state index in [4.69, 9.17) is 10.2 Å². The molecule has 0 bridgehead atoms. The minimum Gasteiger partial charge on any atom is -0.461 e. The lowest BCUT2D eigenvalue weighted by Gasteiger charge is -1.88. The summed E-state index contributed by atoms with van der Waals surface area (Å²) in [6.45, 7) is 1.90. The Morgan fingerprint density at radius 2 is 2.27 bits per heavy atom. The number of aryl methyl sites for hydroxylation is 1. The van der Waals surface area contributed by atoms with Gasteiger partial charge in [0, 0.05) is 17.6 Å². The van der Waals surface area contributed by atoms with Crippen molar-refractivity contribution < 1.29 is 4.42 Å². The minimum absolute atomic E-state index is 0.492. The first-order valence-electron chi connectivity index (χ1n) is 3.37. The molecule has 0 aliphatic carbocycles. The largest absolute Gasteiger partial charge is 0.461 e. The Bertz CT molecular complexity index is 392. The number of fused-ring (bicyclic) bond motifs is 1. The van der Waals surface area contributed by atoms with Crippen molar-refractivity contribution in [1.82, 2.24) is 4.98 Å². The van der Waals surface area contributed by atoms with Crippen LogP contribution in [0.4, 0.5) is 5.82 Å². The van der Waals surface area contributed by atoms with E-state index in [1.54, 1.807) is 12.3 Å². The highest BCUT2D eigenvalue weighted by atomic mass is 16.3. The van der Waals surface area contributed by atoms with Crippen LogP contribution in [0.5, 0.6) is 0 Å².